The number of carbonyl (C=O) groups excluding carboxylic acids is 1. The summed E-state index contributed by atoms with van der Waals surface area (Å²) in [6.45, 7) is 1.78. The molecule has 1 saturated heterocycles. The number of nitrogens with one attached hydrogen (secondary N) is 1. The quantitative estimate of drug-likeness (QED) is 0.711. The lowest BCUT2D eigenvalue weighted by molar-refractivity contribution is -0.133. The van der Waals surface area contributed by atoms with E-state index in [1.165, 1.54) is 16.8 Å². The minimum atomic E-state index is -0.318. The van der Waals surface area contributed by atoms with E-state index in [0.717, 1.165) is 5.56 Å². The van der Waals surface area contributed by atoms with Gasteiger partial charge in [0.25, 0.3) is 5.56 Å². The Morgan fingerprint density at radius 1 is 1.21 bits per heavy atom. The van der Waals surface area contributed by atoms with Gasteiger partial charge in [0.15, 0.2) is 0 Å². The van der Waals surface area contributed by atoms with Gasteiger partial charge in [-0.25, -0.2) is 9.07 Å². The topological polar surface area (TPSA) is 67.2 Å². The molecule has 29 heavy (non-hydrogen) atoms. The summed E-state index contributed by atoms with van der Waals surface area (Å²) in [6, 6.07) is 13.3. The van der Waals surface area contributed by atoms with E-state index in [2.05, 4.69) is 10.4 Å². The summed E-state index contributed by atoms with van der Waals surface area (Å²) < 4.78 is 15.0. The molecule has 1 aliphatic rings. The normalized spacial score (nSPS) is 16.5. The lowest BCUT2D eigenvalue weighted by atomic mass is 10.0. The molecule has 1 aromatic heterocycles. The molecule has 152 valence electrons. The molecule has 0 bridgehead atoms. The van der Waals surface area contributed by atoms with Gasteiger partial charge in [-0.2, -0.15) is 5.10 Å². The van der Waals surface area contributed by atoms with Gasteiger partial charge in [0, 0.05) is 32.1 Å². The van der Waals surface area contributed by atoms with Gasteiger partial charge in [-0.15, -0.1) is 12.4 Å². The van der Waals surface area contributed by atoms with Crippen LogP contribution in [0.3, 0.4) is 0 Å². The minimum Gasteiger partial charge on any atom is -0.333 e. The van der Waals surface area contributed by atoms with E-state index < -0.39 is 0 Å². The molecule has 3 aromatic rings. The van der Waals surface area contributed by atoms with Crippen molar-refractivity contribution in [1.29, 1.82) is 0 Å². The van der Waals surface area contributed by atoms with E-state index in [4.69, 9.17) is 0 Å². The van der Waals surface area contributed by atoms with Gasteiger partial charge >= 0.3 is 0 Å². The fraction of sp³-hybridized carbons (Fsp3) is 0.286. The Morgan fingerprint density at radius 2 is 1.97 bits per heavy atom. The third-order valence-electron chi connectivity index (χ3n) is 5.15. The number of benzene rings is 2. The number of nitrogens with zero attached hydrogens (tertiary/aromatic N) is 3. The largest absolute Gasteiger partial charge is 0.333 e. The van der Waals surface area contributed by atoms with Crippen molar-refractivity contribution in [2.45, 2.75) is 12.5 Å². The van der Waals surface area contributed by atoms with E-state index in [9.17, 15) is 14.0 Å². The lowest BCUT2D eigenvalue weighted by Crippen LogP contribution is -2.49. The number of rotatable bonds is 3. The highest BCUT2D eigenvalue weighted by atomic mass is 35.5. The summed E-state index contributed by atoms with van der Waals surface area (Å²) in [6.07, 6.45) is 0.0838. The molecule has 2 aromatic carbocycles. The number of carbonyl (C=O) groups is 1. The number of piperazine rings is 1. The SMILES string of the molecule is Cl.Cn1nc(CC(=O)N2CCNCC2c2cccc(F)c2)c2ccccc2c1=O. The zero-order chi connectivity index (χ0) is 19.7. The molecule has 4 rings (SSSR count). The molecule has 1 amide bonds. The highest BCUT2D eigenvalue weighted by Gasteiger charge is 2.28. The lowest BCUT2D eigenvalue weighted by Gasteiger charge is -2.36. The maximum atomic E-state index is 13.7. The molecule has 6 nitrogen and oxygen atoms in total. The Bertz CT molecular complexity index is 1100. The van der Waals surface area contributed by atoms with Gasteiger partial charge < -0.3 is 10.2 Å². The average molecular weight is 417 g/mol. The van der Waals surface area contributed by atoms with Gasteiger partial charge in [-0.1, -0.05) is 30.3 Å². The number of amides is 1. The third-order valence-corrected chi connectivity index (χ3v) is 5.15. The van der Waals surface area contributed by atoms with Crippen molar-refractivity contribution >= 4 is 29.1 Å². The first-order chi connectivity index (χ1) is 13.5. The maximum Gasteiger partial charge on any atom is 0.274 e. The second-order valence-corrected chi connectivity index (χ2v) is 6.96. The summed E-state index contributed by atoms with van der Waals surface area (Å²) >= 11 is 0. The van der Waals surface area contributed by atoms with Gasteiger partial charge in [-0.05, 0) is 23.8 Å². The minimum absolute atomic E-state index is 0. The van der Waals surface area contributed by atoms with Gasteiger partial charge in [0.2, 0.25) is 5.91 Å². The van der Waals surface area contributed by atoms with Crippen LogP contribution in [0.2, 0.25) is 0 Å². The van der Waals surface area contributed by atoms with E-state index in [-0.39, 0.29) is 42.2 Å². The molecule has 1 fully saturated rings. The summed E-state index contributed by atoms with van der Waals surface area (Å²) in [4.78, 5) is 27.2. The Hall–Kier alpha value is -2.77. The molecule has 0 aliphatic carbocycles. The van der Waals surface area contributed by atoms with E-state index >= 15 is 0 Å². The first kappa shape index (κ1) is 21.0. The monoisotopic (exact) mass is 416 g/mol. The predicted molar refractivity (Wildman–Crippen MR) is 112 cm³/mol. The molecule has 0 radical (unpaired) electrons. The van der Waals surface area contributed by atoms with Crippen molar-refractivity contribution in [3.05, 3.63) is 76.0 Å². The van der Waals surface area contributed by atoms with Crippen LogP contribution < -0.4 is 10.9 Å². The van der Waals surface area contributed by atoms with Crippen LogP contribution >= 0.6 is 12.4 Å². The summed E-state index contributed by atoms with van der Waals surface area (Å²) in [5, 5.41) is 8.84. The smallest absolute Gasteiger partial charge is 0.274 e. The zero-order valence-corrected chi connectivity index (χ0v) is 16.8. The average Bonchev–Trinajstić information content (AvgIpc) is 2.72. The van der Waals surface area contributed by atoms with Crippen molar-refractivity contribution in [2.75, 3.05) is 19.6 Å². The molecule has 0 spiro atoms. The second-order valence-electron chi connectivity index (χ2n) is 6.96. The summed E-state index contributed by atoms with van der Waals surface area (Å²) in [5.41, 5.74) is 1.14. The van der Waals surface area contributed by atoms with Crippen molar-refractivity contribution in [3.63, 3.8) is 0 Å². The van der Waals surface area contributed by atoms with Crippen LogP contribution in [-0.4, -0.2) is 40.2 Å². The van der Waals surface area contributed by atoms with Gasteiger partial charge in [0.1, 0.15) is 5.82 Å². The van der Waals surface area contributed by atoms with Crippen LogP contribution in [0.25, 0.3) is 10.8 Å². The van der Waals surface area contributed by atoms with Crippen molar-refractivity contribution in [2.24, 2.45) is 7.05 Å². The summed E-state index contributed by atoms with van der Waals surface area (Å²) in [5.74, 6) is -0.409. The fourth-order valence-electron chi connectivity index (χ4n) is 3.77. The van der Waals surface area contributed by atoms with Crippen molar-refractivity contribution < 1.29 is 9.18 Å². The molecule has 8 heteroatoms. The number of aromatic nitrogens is 2. The Morgan fingerprint density at radius 3 is 2.72 bits per heavy atom. The molecule has 0 saturated carbocycles. The Labute approximate surface area is 173 Å². The fourth-order valence-corrected chi connectivity index (χ4v) is 3.77. The van der Waals surface area contributed by atoms with Crippen molar-refractivity contribution in [3.8, 4) is 0 Å². The van der Waals surface area contributed by atoms with Crippen LogP contribution in [0.5, 0.6) is 0 Å². The van der Waals surface area contributed by atoms with Crippen LogP contribution in [0, 0.1) is 5.82 Å². The number of hydrogen-bond donors (Lipinski definition) is 1. The van der Waals surface area contributed by atoms with Crippen LogP contribution in [0.1, 0.15) is 17.3 Å². The number of fused-ring (bicyclic) bond motifs is 1. The molecule has 1 atom stereocenters. The number of halogens is 2. The Balaban J connectivity index is 0.00000240. The molecule has 1 N–H and O–H groups in total. The third kappa shape index (κ3) is 4.16. The van der Waals surface area contributed by atoms with E-state index in [0.29, 0.717) is 36.1 Å². The molecular formula is C21H22ClFN4O2. The first-order valence-corrected chi connectivity index (χ1v) is 9.25. The van der Waals surface area contributed by atoms with Crippen LogP contribution in [0.15, 0.2) is 53.3 Å². The molecular weight excluding hydrogens is 395 g/mol. The number of aryl methyl sites for hydroxylation is 1. The Kier molecular flexibility index (Phi) is 6.30. The molecule has 1 aliphatic heterocycles. The van der Waals surface area contributed by atoms with Gasteiger partial charge in [-0.3, -0.25) is 9.59 Å². The molecule has 2 heterocycles. The highest BCUT2D eigenvalue weighted by molar-refractivity contribution is 5.88. The maximum absolute atomic E-state index is 13.7. The second kappa shape index (κ2) is 8.71. The van der Waals surface area contributed by atoms with Crippen LogP contribution in [-0.2, 0) is 18.3 Å². The van der Waals surface area contributed by atoms with Crippen LogP contribution in [0.4, 0.5) is 4.39 Å². The zero-order valence-electron chi connectivity index (χ0n) is 16.0. The predicted octanol–water partition coefficient (Wildman–Crippen LogP) is 2.21. The van der Waals surface area contributed by atoms with Gasteiger partial charge in [0.05, 0.1) is 23.5 Å². The van der Waals surface area contributed by atoms with E-state index in [1.807, 2.05) is 18.2 Å². The van der Waals surface area contributed by atoms with E-state index in [1.54, 1.807) is 30.1 Å². The molecule has 1 unspecified atom stereocenters. The standard InChI is InChI=1S/C21H21FN4O2.ClH/c1-25-21(28)17-8-3-2-7-16(17)18(24-25)12-20(27)26-10-9-23-13-19(26)14-5-4-6-15(22)11-14;/h2-8,11,19,23H,9-10,12-13H2,1H3;1H. The number of hydrogen-bond acceptors (Lipinski definition) is 4. The summed E-state index contributed by atoms with van der Waals surface area (Å²) in [7, 11) is 1.59. The van der Waals surface area contributed by atoms with Crippen molar-refractivity contribution in [1.82, 2.24) is 20.0 Å². The first-order valence-electron chi connectivity index (χ1n) is 9.25. The highest BCUT2D eigenvalue weighted by Crippen LogP contribution is 2.24.